The number of hydrogen-bond donors (Lipinski definition) is 3. The largest absolute Gasteiger partial charge is 0.378 e. The van der Waals surface area contributed by atoms with E-state index in [1.807, 2.05) is 26.8 Å². The number of rotatable bonds is 6. The molecular weight excluding hydrogens is 408 g/mol. The molecule has 0 bridgehead atoms. The quantitative estimate of drug-likeness (QED) is 0.643. The first-order chi connectivity index (χ1) is 15.2. The average molecular weight is 439 g/mol. The van der Waals surface area contributed by atoms with E-state index in [0.29, 0.717) is 48.9 Å². The fraction of sp³-hybridized carbons (Fsp3) is 0.375. The van der Waals surface area contributed by atoms with Gasteiger partial charge in [0, 0.05) is 41.1 Å². The van der Waals surface area contributed by atoms with Crippen molar-refractivity contribution in [3.63, 3.8) is 0 Å². The Morgan fingerprint density at radius 2 is 1.53 bits per heavy atom. The number of amides is 3. The fourth-order valence-corrected chi connectivity index (χ4v) is 3.09. The molecule has 3 rings (SSSR count). The van der Waals surface area contributed by atoms with Gasteiger partial charge < -0.3 is 25.6 Å². The average Bonchev–Trinajstić information content (AvgIpc) is 2.77. The number of ether oxygens (including phenoxy) is 1. The lowest BCUT2D eigenvalue weighted by Crippen LogP contribution is -2.40. The lowest BCUT2D eigenvalue weighted by Gasteiger charge is -2.27. The van der Waals surface area contributed by atoms with E-state index in [-0.39, 0.29) is 24.3 Å². The van der Waals surface area contributed by atoms with Crippen LogP contribution in [-0.4, -0.2) is 55.5 Å². The van der Waals surface area contributed by atoms with Gasteiger partial charge in [0.15, 0.2) is 0 Å². The number of benzene rings is 2. The zero-order valence-corrected chi connectivity index (χ0v) is 18.7. The number of nitrogens with zero attached hydrogens (tertiary/aromatic N) is 1. The van der Waals surface area contributed by atoms with Gasteiger partial charge in [-0.05, 0) is 36.4 Å². The monoisotopic (exact) mass is 438 g/mol. The molecule has 2 aromatic carbocycles. The Balaban J connectivity index is 1.54. The summed E-state index contributed by atoms with van der Waals surface area (Å²) in [6.45, 7) is 7.79. The summed E-state index contributed by atoms with van der Waals surface area (Å²) in [6.07, 6.45) is 0. The van der Waals surface area contributed by atoms with E-state index in [4.69, 9.17) is 4.74 Å². The van der Waals surface area contributed by atoms with Crippen molar-refractivity contribution in [1.29, 1.82) is 0 Å². The molecule has 0 aliphatic carbocycles. The minimum Gasteiger partial charge on any atom is -0.378 e. The van der Waals surface area contributed by atoms with Crippen LogP contribution in [0.2, 0.25) is 0 Å². The van der Waals surface area contributed by atoms with Gasteiger partial charge in [0.2, 0.25) is 11.8 Å². The minimum absolute atomic E-state index is 0.0355. The van der Waals surface area contributed by atoms with E-state index in [1.165, 1.54) is 0 Å². The first kappa shape index (κ1) is 23.3. The van der Waals surface area contributed by atoms with Gasteiger partial charge in [-0.3, -0.25) is 14.4 Å². The Morgan fingerprint density at radius 1 is 0.906 bits per heavy atom. The summed E-state index contributed by atoms with van der Waals surface area (Å²) >= 11 is 0. The second kappa shape index (κ2) is 10.3. The lowest BCUT2D eigenvalue weighted by atomic mass is 9.95. The second-order valence-electron chi connectivity index (χ2n) is 8.67. The van der Waals surface area contributed by atoms with Gasteiger partial charge in [0.1, 0.15) is 0 Å². The summed E-state index contributed by atoms with van der Waals surface area (Å²) in [5, 5.41) is 8.71. The zero-order chi connectivity index (χ0) is 23.1. The van der Waals surface area contributed by atoms with Crippen LogP contribution >= 0.6 is 0 Å². The van der Waals surface area contributed by atoms with Crippen LogP contribution in [-0.2, 0) is 14.3 Å². The first-order valence-electron chi connectivity index (χ1n) is 10.6. The van der Waals surface area contributed by atoms with Crippen molar-refractivity contribution in [2.45, 2.75) is 20.8 Å². The predicted molar refractivity (Wildman–Crippen MR) is 125 cm³/mol. The predicted octanol–water partition coefficient (Wildman–Crippen LogP) is 3.19. The van der Waals surface area contributed by atoms with Gasteiger partial charge in [-0.2, -0.15) is 0 Å². The SMILES string of the molecule is CC(C)(C)C(=O)Nc1cccc(NC(=O)CNc2cccc(C(=O)N3CCOCC3)c2)c1. The van der Waals surface area contributed by atoms with E-state index >= 15 is 0 Å². The topological polar surface area (TPSA) is 99.8 Å². The van der Waals surface area contributed by atoms with Gasteiger partial charge in [0.05, 0.1) is 19.8 Å². The van der Waals surface area contributed by atoms with E-state index in [0.717, 1.165) is 0 Å². The molecule has 0 unspecified atom stereocenters. The number of carbonyl (C=O) groups is 3. The van der Waals surface area contributed by atoms with Crippen molar-refractivity contribution in [3.8, 4) is 0 Å². The summed E-state index contributed by atoms with van der Waals surface area (Å²) in [4.78, 5) is 39.0. The normalized spacial score (nSPS) is 13.9. The van der Waals surface area contributed by atoms with Crippen molar-refractivity contribution >= 4 is 34.8 Å². The fourth-order valence-electron chi connectivity index (χ4n) is 3.09. The summed E-state index contributed by atoms with van der Waals surface area (Å²) in [5.74, 6) is -0.390. The molecule has 3 amide bonds. The van der Waals surface area contributed by atoms with Crippen LogP contribution in [0.5, 0.6) is 0 Å². The third-order valence-corrected chi connectivity index (χ3v) is 4.95. The molecule has 1 aliphatic heterocycles. The van der Waals surface area contributed by atoms with Crippen LogP contribution in [0.25, 0.3) is 0 Å². The van der Waals surface area contributed by atoms with Crippen LogP contribution < -0.4 is 16.0 Å². The number of hydrogen-bond acceptors (Lipinski definition) is 5. The Morgan fingerprint density at radius 3 is 2.22 bits per heavy atom. The van der Waals surface area contributed by atoms with E-state index in [1.54, 1.807) is 47.4 Å². The molecule has 8 nitrogen and oxygen atoms in total. The number of carbonyl (C=O) groups excluding carboxylic acids is 3. The van der Waals surface area contributed by atoms with Gasteiger partial charge >= 0.3 is 0 Å². The van der Waals surface area contributed by atoms with Crippen LogP contribution in [0.1, 0.15) is 31.1 Å². The molecule has 1 saturated heterocycles. The van der Waals surface area contributed by atoms with Crippen molar-refractivity contribution in [2.24, 2.45) is 5.41 Å². The van der Waals surface area contributed by atoms with Crippen molar-refractivity contribution in [1.82, 2.24) is 4.90 Å². The van der Waals surface area contributed by atoms with Crippen molar-refractivity contribution < 1.29 is 19.1 Å². The molecule has 1 fully saturated rings. The number of nitrogens with one attached hydrogen (secondary N) is 3. The Labute approximate surface area is 188 Å². The minimum atomic E-state index is -0.513. The molecule has 0 spiro atoms. The lowest BCUT2D eigenvalue weighted by molar-refractivity contribution is -0.123. The van der Waals surface area contributed by atoms with Crippen LogP contribution in [0, 0.1) is 5.41 Å². The maximum atomic E-state index is 12.6. The standard InChI is InChI=1S/C24H30N4O4/c1-24(2,3)23(31)27-20-9-5-8-19(15-20)26-21(29)16-25-18-7-4-6-17(14-18)22(30)28-10-12-32-13-11-28/h4-9,14-15,25H,10-13,16H2,1-3H3,(H,26,29)(H,27,31). The third-order valence-electron chi connectivity index (χ3n) is 4.95. The maximum absolute atomic E-state index is 12.6. The van der Waals surface area contributed by atoms with Crippen LogP contribution in [0.4, 0.5) is 17.1 Å². The van der Waals surface area contributed by atoms with Crippen LogP contribution in [0.15, 0.2) is 48.5 Å². The zero-order valence-electron chi connectivity index (χ0n) is 18.7. The van der Waals surface area contributed by atoms with Gasteiger partial charge in [-0.25, -0.2) is 0 Å². The van der Waals surface area contributed by atoms with Crippen molar-refractivity contribution in [3.05, 3.63) is 54.1 Å². The summed E-state index contributed by atoms with van der Waals surface area (Å²) < 4.78 is 5.29. The second-order valence-corrected chi connectivity index (χ2v) is 8.67. The molecule has 3 N–H and O–H groups in total. The van der Waals surface area contributed by atoms with Crippen LogP contribution in [0.3, 0.4) is 0 Å². The Kier molecular flexibility index (Phi) is 7.48. The molecule has 170 valence electrons. The Bertz CT molecular complexity index is 978. The van der Waals surface area contributed by atoms with Gasteiger partial charge in [0.25, 0.3) is 5.91 Å². The number of anilines is 3. The van der Waals surface area contributed by atoms with E-state index in [9.17, 15) is 14.4 Å². The highest BCUT2D eigenvalue weighted by atomic mass is 16.5. The molecule has 0 atom stereocenters. The summed E-state index contributed by atoms with van der Waals surface area (Å²) in [7, 11) is 0. The molecule has 1 aliphatic rings. The molecule has 1 heterocycles. The van der Waals surface area contributed by atoms with Gasteiger partial charge in [-0.1, -0.05) is 32.9 Å². The molecule has 8 heteroatoms. The van der Waals surface area contributed by atoms with E-state index < -0.39 is 5.41 Å². The van der Waals surface area contributed by atoms with Crippen molar-refractivity contribution in [2.75, 3.05) is 48.8 Å². The Hall–Kier alpha value is -3.39. The molecular formula is C24H30N4O4. The highest BCUT2D eigenvalue weighted by Crippen LogP contribution is 2.20. The molecule has 0 aromatic heterocycles. The van der Waals surface area contributed by atoms with Gasteiger partial charge in [-0.15, -0.1) is 0 Å². The smallest absolute Gasteiger partial charge is 0.254 e. The highest BCUT2D eigenvalue weighted by Gasteiger charge is 2.21. The molecule has 0 saturated carbocycles. The van der Waals surface area contributed by atoms with E-state index in [2.05, 4.69) is 16.0 Å². The third kappa shape index (κ3) is 6.55. The number of morpholine rings is 1. The maximum Gasteiger partial charge on any atom is 0.254 e. The first-order valence-corrected chi connectivity index (χ1v) is 10.6. The summed E-state index contributed by atoms with van der Waals surface area (Å²) in [6, 6.07) is 14.1. The molecule has 2 aromatic rings. The molecule has 32 heavy (non-hydrogen) atoms. The highest BCUT2D eigenvalue weighted by molar-refractivity contribution is 5.98. The summed E-state index contributed by atoms with van der Waals surface area (Å²) in [5.41, 5.74) is 1.94. The molecule has 0 radical (unpaired) electrons.